The molecule has 2 aliphatic rings. The fourth-order valence-electron chi connectivity index (χ4n) is 5.02. The maximum Gasteiger partial charge on any atom is 0.336 e. The van der Waals surface area contributed by atoms with Gasteiger partial charge in [0.25, 0.3) is 0 Å². The Kier molecular flexibility index (Phi) is 4.99. The number of fused-ring (bicyclic) bond motifs is 4. The summed E-state index contributed by atoms with van der Waals surface area (Å²) >= 11 is 0. The number of carbonyl (C=O) groups is 1. The molecule has 0 radical (unpaired) electrons. The Morgan fingerprint density at radius 3 is 2.54 bits per heavy atom. The van der Waals surface area contributed by atoms with Gasteiger partial charge in [-0.1, -0.05) is 30.3 Å². The Bertz CT molecular complexity index is 1520. The first-order chi connectivity index (χ1) is 17.0. The van der Waals surface area contributed by atoms with Crippen LogP contribution in [0.1, 0.15) is 29.0 Å². The summed E-state index contributed by atoms with van der Waals surface area (Å²) in [6.45, 7) is 2.81. The van der Waals surface area contributed by atoms with E-state index in [2.05, 4.69) is 0 Å². The lowest BCUT2D eigenvalue weighted by Gasteiger charge is -2.29. The second-order valence-corrected chi connectivity index (χ2v) is 8.63. The first-order valence-corrected chi connectivity index (χ1v) is 11.4. The summed E-state index contributed by atoms with van der Waals surface area (Å²) in [7, 11) is 1.58. The van der Waals surface area contributed by atoms with Crippen molar-refractivity contribution in [1.29, 1.82) is 0 Å². The van der Waals surface area contributed by atoms with Crippen LogP contribution in [0, 0.1) is 6.92 Å². The standard InChI is InChI=1S/C28H22O7/c1-15-10-20-26(18(13-23(29)34-20)16-6-4-3-5-7-16)28-25(15)19(14-24(30)35-28)17-11-21(31-2)27-22(12-17)32-8-9-33-27/h3-7,10-13,19H,8-9,14H2,1-2H3/t19-/m0/s1. The second kappa shape index (κ2) is 8.20. The van der Waals surface area contributed by atoms with Gasteiger partial charge in [-0.05, 0) is 41.8 Å². The van der Waals surface area contributed by atoms with E-state index in [-0.39, 0.29) is 18.3 Å². The number of hydrogen-bond acceptors (Lipinski definition) is 7. The fraction of sp³-hybridized carbons (Fsp3) is 0.214. The molecule has 0 N–H and O–H groups in total. The van der Waals surface area contributed by atoms with Gasteiger partial charge in [-0.2, -0.15) is 0 Å². The molecule has 3 aromatic carbocycles. The monoisotopic (exact) mass is 470 g/mol. The van der Waals surface area contributed by atoms with Gasteiger partial charge in [0.2, 0.25) is 5.75 Å². The van der Waals surface area contributed by atoms with E-state index in [1.165, 1.54) is 6.07 Å². The number of methoxy groups -OCH3 is 1. The number of hydrogen-bond donors (Lipinski definition) is 0. The molecule has 176 valence electrons. The third kappa shape index (κ3) is 3.51. The predicted octanol–water partition coefficient (Wildman–Crippen LogP) is 4.99. The highest BCUT2D eigenvalue weighted by Gasteiger charge is 2.34. The van der Waals surface area contributed by atoms with E-state index in [1.54, 1.807) is 7.11 Å². The second-order valence-electron chi connectivity index (χ2n) is 8.63. The molecule has 0 unspecified atom stereocenters. The molecule has 7 nitrogen and oxygen atoms in total. The minimum absolute atomic E-state index is 0.152. The van der Waals surface area contributed by atoms with Gasteiger partial charge in [0.15, 0.2) is 11.5 Å². The third-order valence-electron chi connectivity index (χ3n) is 6.51. The Hall–Kier alpha value is -4.26. The summed E-state index contributed by atoms with van der Waals surface area (Å²) in [4.78, 5) is 25.3. The molecule has 4 aromatic rings. The number of rotatable bonds is 3. The Balaban J connectivity index is 1.63. The van der Waals surface area contributed by atoms with Crippen molar-refractivity contribution in [2.75, 3.05) is 20.3 Å². The molecule has 1 atom stereocenters. The molecular formula is C28H22O7. The summed E-state index contributed by atoms with van der Waals surface area (Å²) in [6.07, 6.45) is 0.152. The molecule has 7 heteroatoms. The van der Waals surface area contributed by atoms with E-state index in [0.717, 1.165) is 22.3 Å². The van der Waals surface area contributed by atoms with Crippen LogP contribution in [-0.4, -0.2) is 26.3 Å². The molecular weight excluding hydrogens is 448 g/mol. The molecule has 0 saturated heterocycles. The minimum Gasteiger partial charge on any atom is -0.493 e. The minimum atomic E-state index is -0.467. The Morgan fingerprint density at radius 1 is 0.943 bits per heavy atom. The topological polar surface area (TPSA) is 84.2 Å². The van der Waals surface area contributed by atoms with Gasteiger partial charge < -0.3 is 23.4 Å². The van der Waals surface area contributed by atoms with Gasteiger partial charge >= 0.3 is 11.6 Å². The molecule has 0 bridgehead atoms. The summed E-state index contributed by atoms with van der Waals surface area (Å²) in [6, 6.07) is 16.6. The first kappa shape index (κ1) is 21.3. The van der Waals surface area contributed by atoms with Crippen molar-refractivity contribution in [3.05, 3.63) is 81.7 Å². The highest BCUT2D eigenvalue weighted by molar-refractivity contribution is 6.01. The molecule has 6 rings (SSSR count). The van der Waals surface area contributed by atoms with Crippen LogP contribution in [0.25, 0.3) is 22.1 Å². The lowest BCUT2D eigenvalue weighted by Crippen LogP contribution is -2.23. The molecule has 35 heavy (non-hydrogen) atoms. The SMILES string of the molecule is COc1cc([C@@H]2CC(=O)Oc3c2c(C)cc2oc(=O)cc(-c4ccccc4)c32)cc2c1OCCO2. The van der Waals surface area contributed by atoms with E-state index >= 15 is 0 Å². The van der Waals surface area contributed by atoms with Crippen molar-refractivity contribution in [2.45, 2.75) is 19.3 Å². The van der Waals surface area contributed by atoms with Crippen LogP contribution in [0.15, 0.2) is 63.8 Å². The van der Waals surface area contributed by atoms with Crippen LogP contribution in [0.5, 0.6) is 23.0 Å². The average molecular weight is 470 g/mol. The Morgan fingerprint density at radius 2 is 1.74 bits per heavy atom. The third-order valence-corrected chi connectivity index (χ3v) is 6.51. The highest BCUT2D eigenvalue weighted by atomic mass is 16.6. The number of ether oxygens (including phenoxy) is 4. The summed E-state index contributed by atoms with van der Waals surface area (Å²) in [5.41, 5.74) is 3.96. The van der Waals surface area contributed by atoms with Gasteiger partial charge in [-0.25, -0.2) is 4.79 Å². The van der Waals surface area contributed by atoms with Crippen molar-refractivity contribution >= 4 is 16.9 Å². The largest absolute Gasteiger partial charge is 0.493 e. The summed E-state index contributed by atoms with van der Waals surface area (Å²) < 4.78 is 28.6. The van der Waals surface area contributed by atoms with Crippen molar-refractivity contribution in [2.24, 2.45) is 0 Å². The van der Waals surface area contributed by atoms with Gasteiger partial charge in [0, 0.05) is 23.1 Å². The van der Waals surface area contributed by atoms with Crippen LogP contribution in [0.4, 0.5) is 0 Å². The maximum atomic E-state index is 12.9. The van der Waals surface area contributed by atoms with Gasteiger partial charge in [-0.3, -0.25) is 4.79 Å². The molecule has 0 amide bonds. The van der Waals surface area contributed by atoms with Gasteiger partial charge in [-0.15, -0.1) is 0 Å². The van der Waals surface area contributed by atoms with E-state index in [9.17, 15) is 9.59 Å². The van der Waals surface area contributed by atoms with Crippen molar-refractivity contribution in [1.82, 2.24) is 0 Å². The van der Waals surface area contributed by atoms with Crippen molar-refractivity contribution < 1.29 is 28.2 Å². The molecule has 3 heterocycles. The molecule has 1 aromatic heterocycles. The lowest BCUT2D eigenvalue weighted by atomic mass is 9.82. The normalized spacial score (nSPS) is 16.5. The summed E-state index contributed by atoms with van der Waals surface area (Å²) in [5.74, 6) is 1.43. The number of carbonyl (C=O) groups excluding carboxylic acids is 1. The van der Waals surface area contributed by atoms with E-state index < -0.39 is 5.63 Å². The van der Waals surface area contributed by atoms with Crippen molar-refractivity contribution in [3.63, 3.8) is 0 Å². The first-order valence-electron chi connectivity index (χ1n) is 11.4. The van der Waals surface area contributed by atoms with Crippen LogP contribution < -0.4 is 24.6 Å². The predicted molar refractivity (Wildman–Crippen MR) is 129 cm³/mol. The van der Waals surface area contributed by atoms with Crippen LogP contribution in [-0.2, 0) is 4.79 Å². The zero-order chi connectivity index (χ0) is 24.1. The van der Waals surface area contributed by atoms with Crippen LogP contribution >= 0.6 is 0 Å². The highest BCUT2D eigenvalue weighted by Crippen LogP contribution is 2.50. The zero-order valence-electron chi connectivity index (χ0n) is 19.3. The average Bonchev–Trinajstić information content (AvgIpc) is 2.87. The van der Waals surface area contributed by atoms with Gasteiger partial charge in [0.05, 0.1) is 18.9 Å². The Labute approximate surface area is 200 Å². The molecule has 0 spiro atoms. The fourth-order valence-corrected chi connectivity index (χ4v) is 5.02. The van der Waals surface area contributed by atoms with E-state index in [4.69, 9.17) is 23.4 Å². The van der Waals surface area contributed by atoms with E-state index in [0.29, 0.717) is 52.7 Å². The van der Waals surface area contributed by atoms with Gasteiger partial charge in [0.1, 0.15) is 24.5 Å². The molecule has 0 aliphatic carbocycles. The number of benzene rings is 3. The number of esters is 1. The maximum absolute atomic E-state index is 12.9. The quantitative estimate of drug-likeness (QED) is 0.237. The van der Waals surface area contributed by atoms with Crippen LogP contribution in [0.2, 0.25) is 0 Å². The zero-order valence-corrected chi connectivity index (χ0v) is 19.3. The van der Waals surface area contributed by atoms with E-state index in [1.807, 2.05) is 55.5 Å². The molecule has 0 fully saturated rings. The molecule has 0 saturated carbocycles. The lowest BCUT2D eigenvalue weighted by molar-refractivity contribution is -0.135. The van der Waals surface area contributed by atoms with Crippen LogP contribution in [0.3, 0.4) is 0 Å². The van der Waals surface area contributed by atoms with Crippen molar-refractivity contribution in [3.8, 4) is 34.1 Å². The number of aryl methyl sites for hydroxylation is 1. The molecule has 2 aliphatic heterocycles. The summed E-state index contributed by atoms with van der Waals surface area (Å²) in [5, 5.41) is 0.596. The smallest absolute Gasteiger partial charge is 0.336 e.